The van der Waals surface area contributed by atoms with Gasteiger partial charge in [0.05, 0.1) is 18.0 Å². The van der Waals surface area contributed by atoms with Crippen LogP contribution in [0.5, 0.6) is 0 Å². The molecule has 1 aliphatic rings. The van der Waals surface area contributed by atoms with Crippen LogP contribution in [0, 0.1) is 6.92 Å². The molecule has 23 heavy (non-hydrogen) atoms. The molecule has 0 saturated carbocycles. The molecule has 2 N–H and O–H groups in total. The topological polar surface area (TPSA) is 63.2 Å². The van der Waals surface area contributed by atoms with Gasteiger partial charge in [0, 0.05) is 18.7 Å². The van der Waals surface area contributed by atoms with Crippen LogP contribution in [-0.2, 0) is 4.74 Å². The Morgan fingerprint density at radius 2 is 2.09 bits per heavy atom. The van der Waals surface area contributed by atoms with E-state index >= 15 is 0 Å². The van der Waals surface area contributed by atoms with E-state index in [-0.39, 0.29) is 12.0 Å². The summed E-state index contributed by atoms with van der Waals surface area (Å²) in [5.74, 6) is 0.653. The zero-order chi connectivity index (χ0) is 16.1. The number of aryl methyl sites for hydroxylation is 1. The summed E-state index contributed by atoms with van der Waals surface area (Å²) >= 11 is 0. The van der Waals surface area contributed by atoms with E-state index in [1.165, 1.54) is 0 Å². The number of rotatable bonds is 5. The number of amides is 1. The van der Waals surface area contributed by atoms with Crippen LogP contribution in [0.25, 0.3) is 0 Å². The number of nitrogens with zero attached hydrogens (tertiary/aromatic N) is 1. The van der Waals surface area contributed by atoms with Crippen LogP contribution in [0.4, 0.5) is 11.5 Å². The second-order valence-electron chi connectivity index (χ2n) is 5.77. The van der Waals surface area contributed by atoms with Gasteiger partial charge in [0.1, 0.15) is 5.82 Å². The van der Waals surface area contributed by atoms with Gasteiger partial charge in [0.2, 0.25) is 0 Å². The number of carbonyl (C=O) groups excluding carboxylic acids is 1. The maximum Gasteiger partial charge on any atom is 0.255 e. The third-order valence-corrected chi connectivity index (χ3v) is 3.87. The van der Waals surface area contributed by atoms with Crippen molar-refractivity contribution in [3.63, 3.8) is 0 Å². The molecule has 0 spiro atoms. The molecule has 1 amide bonds. The van der Waals surface area contributed by atoms with Crippen LogP contribution in [-0.4, -0.2) is 30.1 Å². The minimum absolute atomic E-state index is 0.133. The second kappa shape index (κ2) is 7.24. The van der Waals surface area contributed by atoms with Crippen LogP contribution in [0.3, 0.4) is 0 Å². The summed E-state index contributed by atoms with van der Waals surface area (Å²) in [6.07, 6.45) is 4.16. The Morgan fingerprint density at radius 3 is 2.74 bits per heavy atom. The van der Waals surface area contributed by atoms with Crippen LogP contribution in [0.1, 0.15) is 28.8 Å². The third kappa shape index (κ3) is 4.29. The van der Waals surface area contributed by atoms with Crippen LogP contribution in [0.2, 0.25) is 0 Å². The molecule has 120 valence electrons. The molecule has 1 aromatic heterocycles. The average Bonchev–Trinajstić information content (AvgIpc) is 3.08. The van der Waals surface area contributed by atoms with Crippen molar-refractivity contribution in [2.24, 2.45) is 0 Å². The van der Waals surface area contributed by atoms with E-state index in [2.05, 4.69) is 15.6 Å². The van der Waals surface area contributed by atoms with Gasteiger partial charge in [-0.3, -0.25) is 4.79 Å². The largest absolute Gasteiger partial charge is 0.376 e. The van der Waals surface area contributed by atoms with Crippen molar-refractivity contribution in [3.8, 4) is 0 Å². The monoisotopic (exact) mass is 311 g/mol. The van der Waals surface area contributed by atoms with E-state index < -0.39 is 0 Å². The highest BCUT2D eigenvalue weighted by atomic mass is 16.5. The van der Waals surface area contributed by atoms with Crippen molar-refractivity contribution in [2.75, 3.05) is 23.8 Å². The standard InChI is InChI=1S/C18H21N3O2/c1-13-4-6-14(7-5-13)18(22)21-15-8-9-17(19-11-15)20-12-16-3-2-10-23-16/h4-9,11,16H,2-3,10,12H2,1H3,(H,19,20)(H,21,22). The fourth-order valence-corrected chi connectivity index (χ4v) is 2.50. The predicted octanol–water partition coefficient (Wildman–Crippen LogP) is 3.23. The summed E-state index contributed by atoms with van der Waals surface area (Å²) in [5.41, 5.74) is 2.44. The number of nitrogens with one attached hydrogen (secondary N) is 2. The van der Waals surface area contributed by atoms with Crippen molar-refractivity contribution in [1.82, 2.24) is 4.98 Å². The molecular formula is C18H21N3O2. The number of pyridine rings is 1. The number of benzene rings is 1. The molecule has 1 aliphatic heterocycles. The predicted molar refractivity (Wildman–Crippen MR) is 90.8 cm³/mol. The highest BCUT2D eigenvalue weighted by Crippen LogP contribution is 2.15. The maximum absolute atomic E-state index is 12.1. The highest BCUT2D eigenvalue weighted by molar-refractivity contribution is 6.04. The Balaban J connectivity index is 1.54. The lowest BCUT2D eigenvalue weighted by Crippen LogP contribution is -2.19. The first-order chi connectivity index (χ1) is 11.2. The molecule has 1 saturated heterocycles. The molecule has 5 nitrogen and oxygen atoms in total. The molecule has 0 aliphatic carbocycles. The summed E-state index contributed by atoms with van der Waals surface area (Å²) in [6, 6.07) is 11.2. The van der Waals surface area contributed by atoms with Gasteiger partial charge in [0.25, 0.3) is 5.91 Å². The van der Waals surface area contributed by atoms with Gasteiger partial charge in [-0.25, -0.2) is 4.98 Å². The van der Waals surface area contributed by atoms with Crippen molar-refractivity contribution in [3.05, 3.63) is 53.7 Å². The Hall–Kier alpha value is -2.40. The summed E-state index contributed by atoms with van der Waals surface area (Å²) < 4.78 is 5.56. The van der Waals surface area contributed by atoms with Gasteiger partial charge in [-0.1, -0.05) is 17.7 Å². The summed E-state index contributed by atoms with van der Waals surface area (Å²) in [4.78, 5) is 16.5. The molecular weight excluding hydrogens is 290 g/mol. The lowest BCUT2D eigenvalue weighted by atomic mass is 10.1. The van der Waals surface area contributed by atoms with E-state index in [0.717, 1.165) is 37.4 Å². The zero-order valence-electron chi connectivity index (χ0n) is 13.2. The van der Waals surface area contributed by atoms with Gasteiger partial charge in [-0.15, -0.1) is 0 Å². The Kier molecular flexibility index (Phi) is 4.88. The van der Waals surface area contributed by atoms with Crippen LogP contribution in [0.15, 0.2) is 42.6 Å². The summed E-state index contributed by atoms with van der Waals surface area (Å²) in [6.45, 7) is 3.61. The molecule has 1 fully saturated rings. The Bertz CT molecular complexity index is 647. The maximum atomic E-state index is 12.1. The lowest BCUT2D eigenvalue weighted by molar-refractivity contribution is 0.102. The summed E-state index contributed by atoms with van der Waals surface area (Å²) in [5, 5.41) is 6.10. The SMILES string of the molecule is Cc1ccc(C(=O)Nc2ccc(NCC3CCCO3)nc2)cc1. The average molecular weight is 311 g/mol. The Labute approximate surface area is 136 Å². The fraction of sp³-hybridized carbons (Fsp3) is 0.333. The molecule has 2 heterocycles. The quantitative estimate of drug-likeness (QED) is 0.890. The first-order valence-electron chi connectivity index (χ1n) is 7.90. The molecule has 3 rings (SSSR count). The molecule has 0 radical (unpaired) electrons. The van der Waals surface area contributed by atoms with Crippen molar-refractivity contribution in [2.45, 2.75) is 25.9 Å². The third-order valence-electron chi connectivity index (χ3n) is 3.87. The van der Waals surface area contributed by atoms with E-state index in [0.29, 0.717) is 11.3 Å². The number of carbonyl (C=O) groups is 1. The molecule has 0 bridgehead atoms. The minimum atomic E-state index is -0.133. The van der Waals surface area contributed by atoms with Gasteiger partial charge >= 0.3 is 0 Å². The normalized spacial score (nSPS) is 17.0. The van der Waals surface area contributed by atoms with Crippen LogP contribution >= 0.6 is 0 Å². The Morgan fingerprint density at radius 1 is 1.26 bits per heavy atom. The number of hydrogen-bond donors (Lipinski definition) is 2. The zero-order valence-corrected chi connectivity index (χ0v) is 13.2. The van der Waals surface area contributed by atoms with Gasteiger partial charge in [0.15, 0.2) is 0 Å². The van der Waals surface area contributed by atoms with Crippen molar-refractivity contribution < 1.29 is 9.53 Å². The van der Waals surface area contributed by atoms with Gasteiger partial charge in [-0.2, -0.15) is 0 Å². The van der Waals surface area contributed by atoms with E-state index in [1.807, 2.05) is 43.3 Å². The van der Waals surface area contributed by atoms with Crippen LogP contribution < -0.4 is 10.6 Å². The van der Waals surface area contributed by atoms with E-state index in [1.54, 1.807) is 6.20 Å². The fourth-order valence-electron chi connectivity index (χ4n) is 2.50. The number of ether oxygens (including phenoxy) is 1. The highest BCUT2D eigenvalue weighted by Gasteiger charge is 2.15. The van der Waals surface area contributed by atoms with E-state index in [9.17, 15) is 4.79 Å². The smallest absolute Gasteiger partial charge is 0.255 e. The van der Waals surface area contributed by atoms with Gasteiger partial charge in [-0.05, 0) is 44.0 Å². The molecule has 1 aromatic carbocycles. The van der Waals surface area contributed by atoms with Crippen molar-refractivity contribution >= 4 is 17.4 Å². The molecule has 1 unspecified atom stereocenters. The molecule has 5 heteroatoms. The van der Waals surface area contributed by atoms with Crippen molar-refractivity contribution in [1.29, 1.82) is 0 Å². The van der Waals surface area contributed by atoms with Gasteiger partial charge < -0.3 is 15.4 Å². The molecule has 2 aromatic rings. The lowest BCUT2D eigenvalue weighted by Gasteiger charge is -2.11. The second-order valence-corrected chi connectivity index (χ2v) is 5.77. The first-order valence-corrected chi connectivity index (χ1v) is 7.90. The number of anilines is 2. The summed E-state index contributed by atoms with van der Waals surface area (Å²) in [7, 11) is 0. The molecule has 1 atom stereocenters. The first kappa shape index (κ1) is 15.5. The number of aromatic nitrogens is 1. The number of hydrogen-bond acceptors (Lipinski definition) is 4. The van der Waals surface area contributed by atoms with E-state index in [4.69, 9.17) is 4.74 Å². The minimum Gasteiger partial charge on any atom is -0.376 e.